The van der Waals surface area contributed by atoms with Crippen LogP contribution in [-0.2, 0) is 0 Å². The summed E-state index contributed by atoms with van der Waals surface area (Å²) in [6.07, 6.45) is 1.69. The van der Waals surface area contributed by atoms with Gasteiger partial charge in [0, 0.05) is 5.56 Å². The van der Waals surface area contributed by atoms with Gasteiger partial charge in [0.05, 0.1) is 16.9 Å². The molecule has 2 rings (SSSR count). The van der Waals surface area contributed by atoms with Crippen LogP contribution in [0.25, 0.3) is 11.3 Å². The fourth-order valence-corrected chi connectivity index (χ4v) is 1.71. The molecule has 0 radical (unpaired) electrons. The van der Waals surface area contributed by atoms with Crippen LogP contribution in [-0.4, -0.2) is 12.3 Å². The molecule has 0 bridgehead atoms. The van der Waals surface area contributed by atoms with Crippen molar-refractivity contribution >= 4 is 22.6 Å². The van der Waals surface area contributed by atoms with Crippen LogP contribution in [0.4, 0.5) is 0 Å². The molecule has 0 aliphatic heterocycles. The molecule has 3 nitrogen and oxygen atoms in total. The molecular weight excluding hydrogens is 293 g/mol. The van der Waals surface area contributed by atoms with Gasteiger partial charge in [-0.05, 0) is 34.7 Å². The summed E-state index contributed by atoms with van der Waals surface area (Å²) in [5, 5.41) is 3.73. The van der Waals surface area contributed by atoms with Crippen LogP contribution in [0.1, 0.15) is 0 Å². The molecule has 14 heavy (non-hydrogen) atoms. The first-order valence-corrected chi connectivity index (χ1v) is 5.14. The summed E-state index contributed by atoms with van der Waals surface area (Å²) >= 11 is 2.19. The Morgan fingerprint density at radius 2 is 2.29 bits per heavy atom. The Bertz CT molecular complexity index is 439. The topological polar surface area (TPSA) is 35.3 Å². The van der Waals surface area contributed by atoms with Crippen molar-refractivity contribution in [2.75, 3.05) is 7.11 Å². The second kappa shape index (κ2) is 4.00. The van der Waals surface area contributed by atoms with Crippen LogP contribution in [0.2, 0.25) is 0 Å². The van der Waals surface area contributed by atoms with Crippen molar-refractivity contribution in [3.05, 3.63) is 34.0 Å². The minimum Gasteiger partial charge on any atom is -0.497 e. The second-order valence-electron chi connectivity index (χ2n) is 2.73. The van der Waals surface area contributed by atoms with Gasteiger partial charge in [-0.2, -0.15) is 0 Å². The lowest BCUT2D eigenvalue weighted by Crippen LogP contribution is -1.83. The molecule has 1 heterocycles. The molecule has 4 heteroatoms. The molecule has 0 atom stereocenters. The second-order valence-corrected chi connectivity index (χ2v) is 3.90. The van der Waals surface area contributed by atoms with Crippen LogP contribution in [0.3, 0.4) is 0 Å². The lowest BCUT2D eigenvalue weighted by atomic mass is 10.2. The van der Waals surface area contributed by atoms with E-state index < -0.39 is 0 Å². The van der Waals surface area contributed by atoms with Crippen molar-refractivity contribution in [1.82, 2.24) is 5.16 Å². The molecule has 1 aromatic carbocycles. The van der Waals surface area contributed by atoms with Gasteiger partial charge in [-0.3, -0.25) is 0 Å². The third kappa shape index (κ3) is 1.75. The van der Waals surface area contributed by atoms with E-state index in [0.717, 1.165) is 20.6 Å². The minimum atomic E-state index is 0.782. The zero-order chi connectivity index (χ0) is 9.97. The van der Waals surface area contributed by atoms with Gasteiger partial charge < -0.3 is 9.26 Å². The predicted octanol–water partition coefficient (Wildman–Crippen LogP) is 2.95. The van der Waals surface area contributed by atoms with Gasteiger partial charge in [0.15, 0.2) is 5.76 Å². The SMILES string of the molecule is COc1cccc(-c2oncc2I)c1. The molecule has 72 valence electrons. The van der Waals surface area contributed by atoms with E-state index in [4.69, 9.17) is 9.26 Å². The van der Waals surface area contributed by atoms with Gasteiger partial charge in [-0.15, -0.1) is 0 Å². The number of aromatic nitrogens is 1. The Labute approximate surface area is 95.2 Å². The molecule has 0 saturated carbocycles. The van der Waals surface area contributed by atoms with Gasteiger partial charge in [-0.25, -0.2) is 0 Å². The highest BCUT2D eigenvalue weighted by Gasteiger charge is 2.08. The van der Waals surface area contributed by atoms with Crippen LogP contribution in [0.5, 0.6) is 5.75 Å². The summed E-state index contributed by atoms with van der Waals surface area (Å²) in [7, 11) is 1.64. The lowest BCUT2D eigenvalue weighted by Gasteiger charge is -2.01. The van der Waals surface area contributed by atoms with E-state index in [2.05, 4.69) is 27.7 Å². The molecular formula is C10H8INO2. The smallest absolute Gasteiger partial charge is 0.180 e. The van der Waals surface area contributed by atoms with Crippen molar-refractivity contribution in [3.63, 3.8) is 0 Å². The molecule has 0 saturated heterocycles. The molecule has 0 amide bonds. The largest absolute Gasteiger partial charge is 0.497 e. The Balaban J connectivity index is 2.47. The molecule has 2 aromatic rings. The number of halogens is 1. The molecule has 0 aliphatic rings. The highest BCUT2D eigenvalue weighted by molar-refractivity contribution is 14.1. The van der Waals surface area contributed by atoms with Gasteiger partial charge in [-0.1, -0.05) is 17.3 Å². The van der Waals surface area contributed by atoms with Gasteiger partial charge in [0.25, 0.3) is 0 Å². The highest BCUT2D eigenvalue weighted by Crippen LogP contribution is 2.27. The van der Waals surface area contributed by atoms with E-state index in [1.54, 1.807) is 13.3 Å². The van der Waals surface area contributed by atoms with Gasteiger partial charge in [0.2, 0.25) is 0 Å². The average molecular weight is 301 g/mol. The van der Waals surface area contributed by atoms with Crippen molar-refractivity contribution < 1.29 is 9.26 Å². The quantitative estimate of drug-likeness (QED) is 0.800. The lowest BCUT2D eigenvalue weighted by molar-refractivity contribution is 0.413. The number of nitrogens with zero attached hydrogens (tertiary/aromatic N) is 1. The number of hydrogen-bond acceptors (Lipinski definition) is 3. The molecule has 0 N–H and O–H groups in total. The number of ether oxygens (including phenoxy) is 1. The van der Waals surface area contributed by atoms with Gasteiger partial charge in [0.1, 0.15) is 5.75 Å². The van der Waals surface area contributed by atoms with Crippen LogP contribution < -0.4 is 4.74 Å². The van der Waals surface area contributed by atoms with E-state index >= 15 is 0 Å². The van der Waals surface area contributed by atoms with Crippen molar-refractivity contribution in [3.8, 4) is 17.1 Å². The number of hydrogen-bond donors (Lipinski definition) is 0. The van der Waals surface area contributed by atoms with Crippen molar-refractivity contribution in [2.24, 2.45) is 0 Å². The van der Waals surface area contributed by atoms with Crippen molar-refractivity contribution in [1.29, 1.82) is 0 Å². The fourth-order valence-electron chi connectivity index (χ4n) is 1.18. The normalized spacial score (nSPS) is 10.1. The first-order valence-electron chi connectivity index (χ1n) is 4.06. The summed E-state index contributed by atoms with van der Waals surface area (Å²) in [5.74, 6) is 1.60. The fraction of sp³-hybridized carbons (Fsp3) is 0.100. The van der Waals surface area contributed by atoms with Crippen LogP contribution in [0, 0.1) is 3.57 Å². The number of rotatable bonds is 2. The zero-order valence-electron chi connectivity index (χ0n) is 7.53. The molecule has 0 unspecified atom stereocenters. The standard InChI is InChI=1S/C10H8INO2/c1-13-8-4-2-3-7(5-8)10-9(11)6-12-14-10/h2-6H,1H3. The Hall–Kier alpha value is -1.04. The molecule has 0 fully saturated rings. The van der Waals surface area contributed by atoms with Gasteiger partial charge >= 0.3 is 0 Å². The first-order chi connectivity index (χ1) is 6.81. The molecule has 0 aliphatic carbocycles. The van der Waals surface area contributed by atoms with E-state index in [1.165, 1.54) is 0 Å². The summed E-state index contributed by atoms with van der Waals surface area (Å²) in [4.78, 5) is 0. The number of methoxy groups -OCH3 is 1. The van der Waals surface area contributed by atoms with E-state index in [-0.39, 0.29) is 0 Å². The first kappa shape index (κ1) is 9.51. The third-order valence-corrected chi connectivity index (χ3v) is 2.63. The summed E-state index contributed by atoms with van der Waals surface area (Å²) < 4.78 is 11.3. The maximum absolute atomic E-state index is 5.14. The minimum absolute atomic E-state index is 0.782. The maximum Gasteiger partial charge on any atom is 0.180 e. The highest BCUT2D eigenvalue weighted by atomic mass is 127. The zero-order valence-corrected chi connectivity index (χ0v) is 9.69. The molecule has 0 spiro atoms. The summed E-state index contributed by atoms with van der Waals surface area (Å²) in [6, 6.07) is 7.70. The van der Waals surface area contributed by atoms with Crippen molar-refractivity contribution in [2.45, 2.75) is 0 Å². The monoisotopic (exact) mass is 301 g/mol. The summed E-state index contributed by atoms with van der Waals surface area (Å²) in [6.45, 7) is 0. The maximum atomic E-state index is 5.14. The third-order valence-electron chi connectivity index (χ3n) is 1.86. The predicted molar refractivity (Wildman–Crippen MR) is 61.2 cm³/mol. The number of benzene rings is 1. The van der Waals surface area contributed by atoms with Crippen LogP contribution >= 0.6 is 22.6 Å². The average Bonchev–Trinajstić information content (AvgIpc) is 2.65. The van der Waals surface area contributed by atoms with E-state index in [1.807, 2.05) is 24.3 Å². The van der Waals surface area contributed by atoms with Crippen LogP contribution in [0.15, 0.2) is 35.0 Å². The van der Waals surface area contributed by atoms with E-state index in [0.29, 0.717) is 0 Å². The Kier molecular flexibility index (Phi) is 2.72. The Morgan fingerprint density at radius 3 is 2.93 bits per heavy atom. The summed E-state index contributed by atoms with van der Waals surface area (Å²) in [5.41, 5.74) is 0.978. The molecule has 1 aromatic heterocycles. The van der Waals surface area contributed by atoms with E-state index in [9.17, 15) is 0 Å². The Morgan fingerprint density at radius 1 is 1.43 bits per heavy atom.